The van der Waals surface area contributed by atoms with Gasteiger partial charge in [0.15, 0.2) is 5.69 Å². The molecule has 1 aromatic rings. The third-order valence-electron chi connectivity index (χ3n) is 1.11. The molecule has 0 spiro atoms. The highest BCUT2D eigenvalue weighted by Gasteiger charge is 2.04. The van der Waals surface area contributed by atoms with Crippen LogP contribution in [0.3, 0.4) is 0 Å². The van der Waals surface area contributed by atoms with Crippen molar-refractivity contribution < 1.29 is 5.11 Å². The molecule has 0 atom stereocenters. The molecule has 0 fully saturated rings. The number of halogens is 3. The van der Waals surface area contributed by atoms with Crippen LogP contribution in [0.15, 0.2) is 25.6 Å². The number of nitrogens with one attached hydrogen (secondary N) is 1. The molecule has 0 aliphatic heterocycles. The molecular formula is C6H3Br3N2. The van der Waals surface area contributed by atoms with Crippen LogP contribution in [0, 0.1) is 0 Å². The van der Waals surface area contributed by atoms with Crippen LogP contribution < -0.4 is 5.11 Å². The molecule has 1 aromatic carbocycles. The van der Waals surface area contributed by atoms with E-state index in [1.807, 2.05) is 0 Å². The summed E-state index contributed by atoms with van der Waals surface area (Å²) in [7, 11) is 0. The molecule has 0 bridgehead atoms. The van der Waals surface area contributed by atoms with E-state index in [9.17, 15) is 0 Å². The molecule has 0 amide bonds. The minimum Gasteiger partial charge on any atom is -0.502 e. The fourth-order valence-electron chi connectivity index (χ4n) is 0.620. The first-order valence-corrected chi connectivity index (χ1v) is 5.07. The van der Waals surface area contributed by atoms with E-state index < -0.39 is 0 Å². The maximum Gasteiger partial charge on any atom is 0.194 e. The van der Waals surface area contributed by atoms with Gasteiger partial charge in [-0.1, -0.05) is 0 Å². The minimum absolute atomic E-state index is 0.631. The summed E-state index contributed by atoms with van der Waals surface area (Å²) in [4.78, 5) is 0. The highest BCUT2D eigenvalue weighted by atomic mass is 79.9. The Bertz CT molecular complexity index is 275. The van der Waals surface area contributed by atoms with Crippen LogP contribution in [0.5, 0.6) is 0 Å². The van der Waals surface area contributed by atoms with Crippen molar-refractivity contribution in [3.8, 4) is 0 Å². The molecule has 1 rings (SSSR count). The van der Waals surface area contributed by atoms with Crippen molar-refractivity contribution in [3.63, 3.8) is 0 Å². The Morgan fingerprint density at radius 3 is 1.91 bits per heavy atom. The molecule has 0 aliphatic rings. The molecule has 0 saturated carbocycles. The standard InChI is InChI=1S/C6H3Br3N2/c7-4-1-3(11-10)2-5(8)6(4)9/h1-2,11H. The summed E-state index contributed by atoms with van der Waals surface area (Å²) in [6, 6.07) is 3.52. The SMILES string of the molecule is [N-]=[NH+]c1cc(Br)c(Br)c(Br)c1. The molecule has 5 heteroatoms. The normalized spacial score (nSPS) is 9.73. The van der Waals surface area contributed by atoms with Crippen molar-refractivity contribution >= 4 is 53.5 Å². The molecule has 0 aliphatic carbocycles. The van der Waals surface area contributed by atoms with E-state index >= 15 is 0 Å². The number of rotatable bonds is 1. The lowest BCUT2D eigenvalue weighted by Gasteiger charge is -1.98. The molecule has 11 heavy (non-hydrogen) atoms. The van der Waals surface area contributed by atoms with Gasteiger partial charge >= 0.3 is 0 Å². The predicted octanol–water partition coefficient (Wildman–Crippen LogP) is 2.71. The van der Waals surface area contributed by atoms with Gasteiger partial charge in [0.05, 0.1) is 0 Å². The van der Waals surface area contributed by atoms with E-state index in [0.717, 1.165) is 13.4 Å². The average molecular weight is 343 g/mol. The smallest absolute Gasteiger partial charge is 0.194 e. The molecule has 0 heterocycles. The van der Waals surface area contributed by atoms with Gasteiger partial charge in [0, 0.05) is 25.6 Å². The number of hydrogen-bond acceptors (Lipinski definition) is 0. The molecular weight excluding hydrogens is 340 g/mol. The Balaban J connectivity index is 3.31. The topological polar surface area (TPSA) is 36.3 Å². The number of hydrogen-bond donors (Lipinski definition) is 1. The minimum atomic E-state index is 0.631. The second-order valence-electron chi connectivity index (χ2n) is 1.87. The van der Waals surface area contributed by atoms with Gasteiger partial charge in [-0.15, -0.1) is 0 Å². The monoisotopic (exact) mass is 340 g/mol. The summed E-state index contributed by atoms with van der Waals surface area (Å²) in [6.45, 7) is 0. The van der Waals surface area contributed by atoms with Crippen LogP contribution in [0.25, 0.3) is 5.53 Å². The van der Waals surface area contributed by atoms with Crippen molar-refractivity contribution in [3.05, 3.63) is 31.1 Å². The summed E-state index contributed by atoms with van der Waals surface area (Å²) in [5, 5.41) is 2.06. The molecule has 2 nitrogen and oxygen atoms in total. The maximum atomic E-state index is 8.57. The Morgan fingerprint density at radius 1 is 1.09 bits per heavy atom. The Morgan fingerprint density at radius 2 is 1.55 bits per heavy atom. The van der Waals surface area contributed by atoms with Gasteiger partial charge < -0.3 is 5.53 Å². The lowest BCUT2D eigenvalue weighted by Crippen LogP contribution is -2.54. The van der Waals surface area contributed by atoms with Crippen LogP contribution in [0.2, 0.25) is 0 Å². The largest absolute Gasteiger partial charge is 0.502 e. The van der Waals surface area contributed by atoms with Crippen molar-refractivity contribution in [2.75, 3.05) is 0 Å². The highest BCUT2D eigenvalue weighted by Crippen LogP contribution is 2.32. The summed E-state index contributed by atoms with van der Waals surface area (Å²) >= 11 is 9.96. The van der Waals surface area contributed by atoms with E-state index in [4.69, 9.17) is 5.53 Å². The molecule has 0 aromatic heterocycles. The van der Waals surface area contributed by atoms with Gasteiger partial charge in [0.1, 0.15) is 0 Å². The Kier molecular flexibility index (Phi) is 3.21. The van der Waals surface area contributed by atoms with E-state index in [2.05, 4.69) is 52.9 Å². The first-order chi connectivity index (χ1) is 5.15. The van der Waals surface area contributed by atoms with E-state index in [1.54, 1.807) is 12.1 Å². The summed E-state index contributed by atoms with van der Waals surface area (Å²) in [5.41, 5.74) is 9.20. The lowest BCUT2D eigenvalue weighted by molar-refractivity contribution is -0.379. The van der Waals surface area contributed by atoms with Gasteiger partial charge in [-0.05, 0) is 47.8 Å². The van der Waals surface area contributed by atoms with Crippen molar-refractivity contribution in [1.29, 1.82) is 0 Å². The predicted molar refractivity (Wildman–Crippen MR) is 53.5 cm³/mol. The Labute approximate surface area is 89.3 Å². The van der Waals surface area contributed by atoms with Crippen molar-refractivity contribution in [2.24, 2.45) is 0 Å². The zero-order valence-corrected chi connectivity index (χ0v) is 9.99. The fourth-order valence-corrected chi connectivity index (χ4v) is 2.04. The molecule has 58 valence electrons. The van der Waals surface area contributed by atoms with E-state index in [-0.39, 0.29) is 0 Å². The number of benzene rings is 1. The van der Waals surface area contributed by atoms with Crippen LogP contribution in [0.1, 0.15) is 0 Å². The molecule has 0 saturated heterocycles. The zero-order chi connectivity index (χ0) is 8.43. The van der Waals surface area contributed by atoms with Crippen molar-refractivity contribution in [2.45, 2.75) is 0 Å². The van der Waals surface area contributed by atoms with Crippen LogP contribution in [-0.4, -0.2) is 0 Å². The number of nitrogens with zero attached hydrogens (tertiary/aromatic N) is 1. The quantitative estimate of drug-likeness (QED) is 0.602. The third kappa shape index (κ3) is 2.10. The van der Waals surface area contributed by atoms with Gasteiger partial charge in [-0.2, -0.15) is 0 Å². The van der Waals surface area contributed by atoms with Gasteiger partial charge in [-0.25, -0.2) is 0 Å². The highest BCUT2D eigenvalue weighted by molar-refractivity contribution is 9.14. The summed E-state index contributed by atoms with van der Waals surface area (Å²) in [6.07, 6.45) is 0. The van der Waals surface area contributed by atoms with Gasteiger partial charge in [0.2, 0.25) is 0 Å². The van der Waals surface area contributed by atoms with Gasteiger partial charge in [0.25, 0.3) is 0 Å². The summed E-state index contributed by atoms with van der Waals surface area (Å²) in [5.74, 6) is 0. The second-order valence-corrected chi connectivity index (χ2v) is 4.37. The summed E-state index contributed by atoms with van der Waals surface area (Å²) < 4.78 is 2.68. The van der Waals surface area contributed by atoms with E-state index in [1.165, 1.54) is 0 Å². The average Bonchev–Trinajstić information content (AvgIpc) is 1.99. The Hall–Kier alpha value is 0.260. The van der Waals surface area contributed by atoms with Crippen LogP contribution in [-0.2, 0) is 0 Å². The van der Waals surface area contributed by atoms with E-state index in [0.29, 0.717) is 5.69 Å². The van der Waals surface area contributed by atoms with Crippen LogP contribution >= 0.6 is 47.8 Å². The maximum absolute atomic E-state index is 8.57. The lowest BCUT2D eigenvalue weighted by atomic mass is 10.3. The molecule has 0 radical (unpaired) electrons. The van der Waals surface area contributed by atoms with Gasteiger partial charge in [-0.3, -0.25) is 5.11 Å². The third-order valence-corrected chi connectivity index (χ3v) is 4.28. The fraction of sp³-hybridized carbons (Fsp3) is 0. The molecule has 1 N–H and O–H groups in total. The second kappa shape index (κ2) is 3.78. The zero-order valence-electron chi connectivity index (χ0n) is 5.24. The first-order valence-electron chi connectivity index (χ1n) is 2.70. The molecule has 0 unspecified atom stereocenters. The van der Waals surface area contributed by atoms with Crippen molar-refractivity contribution in [1.82, 2.24) is 0 Å². The van der Waals surface area contributed by atoms with Crippen LogP contribution in [0.4, 0.5) is 5.69 Å². The first kappa shape index (κ1) is 9.35.